The highest BCUT2D eigenvalue weighted by Crippen LogP contribution is 2.21. The van der Waals surface area contributed by atoms with Crippen LogP contribution in [-0.4, -0.2) is 0 Å². The molecule has 0 aliphatic carbocycles. The van der Waals surface area contributed by atoms with Crippen LogP contribution in [0.15, 0.2) is 36.4 Å². The summed E-state index contributed by atoms with van der Waals surface area (Å²) in [6, 6.07) is 9.45. The molecule has 0 aromatic heterocycles. The molecule has 1 unspecified atom stereocenters. The van der Waals surface area contributed by atoms with Crippen LogP contribution in [0.4, 0.5) is 8.78 Å². The predicted molar refractivity (Wildman–Crippen MR) is 76.0 cm³/mol. The highest BCUT2D eigenvalue weighted by Gasteiger charge is 2.13. The second-order valence-corrected chi connectivity index (χ2v) is 5.12. The molecule has 0 spiro atoms. The average Bonchev–Trinajstić information content (AvgIpc) is 2.33. The third kappa shape index (κ3) is 3.62. The Morgan fingerprint density at radius 1 is 0.950 bits per heavy atom. The topological polar surface area (TPSA) is 38.0 Å². The standard InChI is InChI=1S/C16H18F2N2/c1-10-3-11(2)5-13(4-10)16(20-19)8-12-6-14(17)9-15(18)7-12/h3-7,9,16,20H,8,19H2,1-2H3. The van der Waals surface area contributed by atoms with Crippen LogP contribution >= 0.6 is 0 Å². The van der Waals surface area contributed by atoms with Gasteiger partial charge in [-0.15, -0.1) is 0 Å². The molecule has 2 rings (SSSR count). The molecule has 0 aliphatic heterocycles. The minimum atomic E-state index is -0.573. The maximum Gasteiger partial charge on any atom is 0.126 e. The molecule has 4 heteroatoms. The number of hydrogen-bond donors (Lipinski definition) is 2. The molecule has 106 valence electrons. The molecule has 2 nitrogen and oxygen atoms in total. The van der Waals surface area contributed by atoms with Gasteiger partial charge in [0.25, 0.3) is 0 Å². The molecule has 2 aromatic carbocycles. The lowest BCUT2D eigenvalue weighted by molar-refractivity contribution is 0.539. The number of aryl methyl sites for hydroxylation is 2. The fourth-order valence-corrected chi connectivity index (χ4v) is 2.45. The van der Waals surface area contributed by atoms with E-state index in [1.54, 1.807) is 0 Å². The van der Waals surface area contributed by atoms with Crippen molar-refractivity contribution >= 4 is 0 Å². The van der Waals surface area contributed by atoms with E-state index in [0.717, 1.165) is 22.8 Å². The molecule has 0 aliphatic rings. The first-order valence-electron chi connectivity index (χ1n) is 6.47. The summed E-state index contributed by atoms with van der Waals surface area (Å²) in [5.41, 5.74) is 6.56. The van der Waals surface area contributed by atoms with Gasteiger partial charge in [-0.05, 0) is 43.5 Å². The molecule has 0 heterocycles. The van der Waals surface area contributed by atoms with E-state index in [1.165, 1.54) is 12.1 Å². The van der Waals surface area contributed by atoms with Crippen LogP contribution in [0, 0.1) is 25.5 Å². The molecule has 0 bridgehead atoms. The van der Waals surface area contributed by atoms with Crippen LogP contribution in [0.5, 0.6) is 0 Å². The zero-order valence-electron chi connectivity index (χ0n) is 11.6. The summed E-state index contributed by atoms with van der Waals surface area (Å²) in [6.07, 6.45) is 0.425. The van der Waals surface area contributed by atoms with Crippen molar-refractivity contribution in [1.82, 2.24) is 5.43 Å². The van der Waals surface area contributed by atoms with Crippen molar-refractivity contribution in [3.63, 3.8) is 0 Å². The van der Waals surface area contributed by atoms with Gasteiger partial charge in [-0.3, -0.25) is 11.3 Å². The average molecular weight is 276 g/mol. The van der Waals surface area contributed by atoms with Crippen LogP contribution in [0.1, 0.15) is 28.3 Å². The largest absolute Gasteiger partial charge is 0.271 e. The second kappa shape index (κ2) is 6.11. The fraction of sp³-hybridized carbons (Fsp3) is 0.250. The normalized spacial score (nSPS) is 12.4. The number of halogens is 2. The van der Waals surface area contributed by atoms with Gasteiger partial charge in [0.15, 0.2) is 0 Å². The SMILES string of the molecule is Cc1cc(C)cc(C(Cc2cc(F)cc(F)c2)NN)c1. The quantitative estimate of drug-likeness (QED) is 0.664. The molecular weight excluding hydrogens is 258 g/mol. The molecule has 1 atom stereocenters. The molecule has 0 amide bonds. The Labute approximate surface area is 117 Å². The number of hydrogen-bond acceptors (Lipinski definition) is 2. The first-order valence-corrected chi connectivity index (χ1v) is 6.47. The van der Waals surface area contributed by atoms with Gasteiger partial charge in [0.2, 0.25) is 0 Å². The van der Waals surface area contributed by atoms with Gasteiger partial charge in [0, 0.05) is 6.07 Å². The Bertz CT molecular complexity index is 571. The van der Waals surface area contributed by atoms with Crippen LogP contribution < -0.4 is 11.3 Å². The first kappa shape index (κ1) is 14.6. The van der Waals surface area contributed by atoms with Crippen LogP contribution in [0.2, 0.25) is 0 Å². The lowest BCUT2D eigenvalue weighted by atomic mass is 9.96. The summed E-state index contributed by atoms with van der Waals surface area (Å²) >= 11 is 0. The minimum Gasteiger partial charge on any atom is -0.271 e. The van der Waals surface area contributed by atoms with Gasteiger partial charge in [0.05, 0.1) is 6.04 Å². The summed E-state index contributed by atoms with van der Waals surface area (Å²) < 4.78 is 26.4. The lowest BCUT2D eigenvalue weighted by Gasteiger charge is -2.18. The number of nitrogens with one attached hydrogen (secondary N) is 1. The van der Waals surface area contributed by atoms with Gasteiger partial charge >= 0.3 is 0 Å². The van der Waals surface area contributed by atoms with E-state index in [2.05, 4.69) is 11.5 Å². The van der Waals surface area contributed by atoms with Gasteiger partial charge < -0.3 is 0 Å². The Hall–Kier alpha value is -1.78. The van der Waals surface area contributed by atoms with Crippen molar-refractivity contribution < 1.29 is 8.78 Å². The van der Waals surface area contributed by atoms with Crippen molar-refractivity contribution in [2.24, 2.45) is 5.84 Å². The smallest absolute Gasteiger partial charge is 0.126 e. The summed E-state index contributed by atoms with van der Waals surface area (Å²) in [5.74, 6) is 4.45. The first-order chi connectivity index (χ1) is 9.47. The highest BCUT2D eigenvalue weighted by atomic mass is 19.1. The van der Waals surface area contributed by atoms with Gasteiger partial charge in [-0.25, -0.2) is 8.78 Å². The van der Waals surface area contributed by atoms with Gasteiger partial charge in [-0.2, -0.15) is 0 Å². The minimum absolute atomic E-state index is 0.185. The van der Waals surface area contributed by atoms with Crippen molar-refractivity contribution in [1.29, 1.82) is 0 Å². The third-order valence-electron chi connectivity index (χ3n) is 3.21. The summed E-state index contributed by atoms with van der Waals surface area (Å²) in [5, 5.41) is 0. The Balaban J connectivity index is 2.28. The van der Waals surface area contributed by atoms with Gasteiger partial charge in [-0.1, -0.05) is 29.3 Å². The monoisotopic (exact) mass is 276 g/mol. The lowest BCUT2D eigenvalue weighted by Crippen LogP contribution is -2.29. The van der Waals surface area contributed by atoms with Crippen molar-refractivity contribution in [2.75, 3.05) is 0 Å². The van der Waals surface area contributed by atoms with Crippen molar-refractivity contribution in [3.05, 3.63) is 70.3 Å². The number of hydrazine groups is 1. The summed E-state index contributed by atoms with van der Waals surface area (Å²) in [6.45, 7) is 4.01. The zero-order valence-corrected chi connectivity index (χ0v) is 11.6. The summed E-state index contributed by atoms with van der Waals surface area (Å²) in [4.78, 5) is 0. The molecule has 0 saturated carbocycles. The molecule has 3 N–H and O–H groups in total. The van der Waals surface area contributed by atoms with E-state index in [0.29, 0.717) is 12.0 Å². The Morgan fingerprint density at radius 3 is 2.00 bits per heavy atom. The third-order valence-corrected chi connectivity index (χ3v) is 3.21. The zero-order chi connectivity index (χ0) is 14.7. The molecule has 0 radical (unpaired) electrons. The van der Waals surface area contributed by atoms with Gasteiger partial charge in [0.1, 0.15) is 11.6 Å². The van der Waals surface area contributed by atoms with E-state index in [-0.39, 0.29) is 6.04 Å². The molecule has 0 fully saturated rings. The maximum atomic E-state index is 13.2. The number of benzene rings is 2. The second-order valence-electron chi connectivity index (χ2n) is 5.12. The molecule has 0 saturated heterocycles. The van der Waals surface area contributed by atoms with E-state index >= 15 is 0 Å². The molecule has 20 heavy (non-hydrogen) atoms. The van der Waals surface area contributed by atoms with E-state index in [1.807, 2.05) is 26.0 Å². The van der Waals surface area contributed by atoms with E-state index < -0.39 is 11.6 Å². The van der Waals surface area contributed by atoms with E-state index in [9.17, 15) is 8.78 Å². The maximum absolute atomic E-state index is 13.2. The summed E-state index contributed by atoms with van der Waals surface area (Å²) in [7, 11) is 0. The fourth-order valence-electron chi connectivity index (χ4n) is 2.45. The highest BCUT2D eigenvalue weighted by molar-refractivity contribution is 5.32. The number of rotatable bonds is 4. The van der Waals surface area contributed by atoms with E-state index in [4.69, 9.17) is 5.84 Å². The van der Waals surface area contributed by atoms with Crippen molar-refractivity contribution in [3.8, 4) is 0 Å². The van der Waals surface area contributed by atoms with Crippen LogP contribution in [-0.2, 0) is 6.42 Å². The van der Waals surface area contributed by atoms with Crippen LogP contribution in [0.25, 0.3) is 0 Å². The van der Waals surface area contributed by atoms with Crippen molar-refractivity contribution in [2.45, 2.75) is 26.3 Å². The predicted octanol–water partition coefficient (Wildman–Crippen LogP) is 3.33. The molecular formula is C16H18F2N2. The van der Waals surface area contributed by atoms with Crippen LogP contribution in [0.3, 0.4) is 0 Å². The Morgan fingerprint density at radius 2 is 1.50 bits per heavy atom. The Kier molecular flexibility index (Phi) is 4.47. The molecule has 2 aromatic rings. The number of nitrogens with two attached hydrogens (primary N) is 1.